The number of carbonyl (C=O) groups is 1. The molecule has 1 fully saturated rings. The third kappa shape index (κ3) is 3.89. The van der Waals surface area contributed by atoms with E-state index in [1.807, 2.05) is 24.8 Å². The summed E-state index contributed by atoms with van der Waals surface area (Å²) in [6, 6.07) is 5.12. The second-order valence-electron chi connectivity index (χ2n) is 7.07. The summed E-state index contributed by atoms with van der Waals surface area (Å²) in [6.07, 6.45) is 1.91. The SMILES string of the molecule is CCn1c(C2CCN(C(=O)CCn3c(C)cccc3=O)CC2)nn(C)c1=O. The maximum Gasteiger partial charge on any atom is 0.345 e. The molecule has 2 aromatic rings. The summed E-state index contributed by atoms with van der Waals surface area (Å²) >= 11 is 0. The molecule has 0 unspecified atom stereocenters. The molecule has 1 amide bonds. The lowest BCUT2D eigenvalue weighted by Gasteiger charge is -2.31. The van der Waals surface area contributed by atoms with Gasteiger partial charge in [0.2, 0.25) is 5.91 Å². The van der Waals surface area contributed by atoms with Gasteiger partial charge in [-0.2, -0.15) is 5.10 Å². The van der Waals surface area contributed by atoms with Gasteiger partial charge in [-0.3, -0.25) is 14.2 Å². The van der Waals surface area contributed by atoms with Crippen molar-refractivity contribution in [1.29, 1.82) is 0 Å². The van der Waals surface area contributed by atoms with Crippen molar-refractivity contribution in [3.8, 4) is 0 Å². The largest absolute Gasteiger partial charge is 0.345 e. The standard InChI is InChI=1S/C19H27N5O3/c1-4-23-18(20-21(3)19(23)27)15-8-11-22(12-9-15)16(25)10-13-24-14(2)6-5-7-17(24)26/h5-7,15H,4,8-13H2,1-3H3. The minimum Gasteiger partial charge on any atom is -0.343 e. The molecule has 1 aliphatic heterocycles. The normalized spacial score (nSPS) is 15.3. The molecule has 0 spiro atoms. The predicted molar refractivity (Wildman–Crippen MR) is 102 cm³/mol. The van der Waals surface area contributed by atoms with E-state index in [2.05, 4.69) is 5.10 Å². The number of carbonyl (C=O) groups excluding carboxylic acids is 1. The van der Waals surface area contributed by atoms with Crippen molar-refractivity contribution in [3.05, 3.63) is 50.6 Å². The van der Waals surface area contributed by atoms with Crippen molar-refractivity contribution in [1.82, 2.24) is 23.8 Å². The van der Waals surface area contributed by atoms with E-state index < -0.39 is 0 Å². The first-order valence-electron chi connectivity index (χ1n) is 9.50. The van der Waals surface area contributed by atoms with Crippen molar-refractivity contribution in [2.45, 2.75) is 52.1 Å². The molecule has 2 aromatic heterocycles. The third-order valence-corrected chi connectivity index (χ3v) is 5.38. The highest BCUT2D eigenvalue weighted by Gasteiger charge is 2.27. The van der Waals surface area contributed by atoms with Crippen molar-refractivity contribution >= 4 is 5.91 Å². The molecule has 0 radical (unpaired) electrons. The molecule has 1 saturated heterocycles. The number of likely N-dealkylation sites (tertiary alicyclic amines) is 1. The van der Waals surface area contributed by atoms with E-state index in [1.165, 1.54) is 10.7 Å². The van der Waals surface area contributed by atoms with Crippen molar-refractivity contribution in [2.75, 3.05) is 13.1 Å². The summed E-state index contributed by atoms with van der Waals surface area (Å²) < 4.78 is 4.74. The minimum atomic E-state index is -0.0883. The van der Waals surface area contributed by atoms with E-state index in [-0.39, 0.29) is 23.1 Å². The van der Waals surface area contributed by atoms with Crippen LogP contribution in [0.25, 0.3) is 0 Å². The summed E-state index contributed by atoms with van der Waals surface area (Å²) in [5, 5.41) is 4.40. The average molecular weight is 373 g/mol. The first kappa shape index (κ1) is 19.1. The fourth-order valence-corrected chi connectivity index (χ4v) is 3.79. The van der Waals surface area contributed by atoms with Gasteiger partial charge in [-0.1, -0.05) is 6.07 Å². The lowest BCUT2D eigenvalue weighted by Crippen LogP contribution is -2.39. The molecule has 27 heavy (non-hydrogen) atoms. The highest BCUT2D eigenvalue weighted by molar-refractivity contribution is 5.76. The summed E-state index contributed by atoms with van der Waals surface area (Å²) in [6.45, 7) is 6.13. The van der Waals surface area contributed by atoms with E-state index >= 15 is 0 Å². The summed E-state index contributed by atoms with van der Waals surface area (Å²) in [5.41, 5.74) is 0.700. The molecule has 8 heteroatoms. The fourth-order valence-electron chi connectivity index (χ4n) is 3.79. The summed E-state index contributed by atoms with van der Waals surface area (Å²) in [7, 11) is 1.67. The topological polar surface area (TPSA) is 82.1 Å². The molecule has 0 atom stereocenters. The molecule has 8 nitrogen and oxygen atoms in total. The number of hydrogen-bond donors (Lipinski definition) is 0. The lowest BCUT2D eigenvalue weighted by molar-refractivity contribution is -0.132. The number of rotatable bonds is 5. The Bertz CT molecular complexity index is 932. The molecule has 0 aromatic carbocycles. The van der Waals surface area contributed by atoms with Crippen LogP contribution in [0, 0.1) is 6.92 Å². The molecule has 3 heterocycles. The molecular formula is C19H27N5O3. The Hall–Kier alpha value is -2.64. The summed E-state index contributed by atoms with van der Waals surface area (Å²) in [5.74, 6) is 1.09. The molecule has 0 bridgehead atoms. The van der Waals surface area contributed by atoms with Gasteiger partial charge in [0, 0.05) is 57.3 Å². The van der Waals surface area contributed by atoms with Crippen LogP contribution in [0.1, 0.15) is 43.6 Å². The molecule has 3 rings (SSSR count). The molecule has 146 valence electrons. The van der Waals surface area contributed by atoms with Crippen LogP contribution >= 0.6 is 0 Å². The van der Waals surface area contributed by atoms with E-state index in [0.717, 1.165) is 24.4 Å². The highest BCUT2D eigenvalue weighted by Crippen LogP contribution is 2.26. The Morgan fingerprint density at radius 2 is 1.89 bits per heavy atom. The van der Waals surface area contributed by atoms with Gasteiger partial charge in [0.25, 0.3) is 5.56 Å². The Morgan fingerprint density at radius 1 is 1.19 bits per heavy atom. The van der Waals surface area contributed by atoms with Gasteiger partial charge >= 0.3 is 5.69 Å². The third-order valence-electron chi connectivity index (χ3n) is 5.38. The quantitative estimate of drug-likeness (QED) is 0.779. The minimum absolute atomic E-state index is 0.0671. The van der Waals surface area contributed by atoms with Crippen LogP contribution in [0.2, 0.25) is 0 Å². The first-order valence-corrected chi connectivity index (χ1v) is 9.50. The molecule has 0 N–H and O–H groups in total. The second-order valence-corrected chi connectivity index (χ2v) is 7.07. The van der Waals surface area contributed by atoms with E-state index in [1.54, 1.807) is 22.2 Å². The zero-order valence-corrected chi connectivity index (χ0v) is 16.2. The van der Waals surface area contributed by atoms with Crippen LogP contribution in [0.5, 0.6) is 0 Å². The number of pyridine rings is 1. The number of amides is 1. The maximum absolute atomic E-state index is 12.6. The van der Waals surface area contributed by atoms with Gasteiger partial charge in [0.05, 0.1) is 0 Å². The smallest absolute Gasteiger partial charge is 0.343 e. The van der Waals surface area contributed by atoms with Crippen LogP contribution in [-0.2, 0) is 24.9 Å². The molecular weight excluding hydrogens is 346 g/mol. The van der Waals surface area contributed by atoms with Crippen LogP contribution in [-0.4, -0.2) is 42.8 Å². The van der Waals surface area contributed by atoms with Crippen LogP contribution in [0.15, 0.2) is 27.8 Å². The van der Waals surface area contributed by atoms with Crippen molar-refractivity contribution < 1.29 is 4.79 Å². The van der Waals surface area contributed by atoms with Gasteiger partial charge in [-0.25, -0.2) is 9.48 Å². The molecule has 1 aliphatic rings. The number of nitrogens with zero attached hydrogens (tertiary/aromatic N) is 5. The summed E-state index contributed by atoms with van der Waals surface area (Å²) in [4.78, 5) is 38.4. The number of piperidine rings is 1. The van der Waals surface area contributed by atoms with Gasteiger partial charge in [0.15, 0.2) is 0 Å². The monoisotopic (exact) mass is 373 g/mol. The van der Waals surface area contributed by atoms with Gasteiger partial charge in [0.1, 0.15) is 5.82 Å². The van der Waals surface area contributed by atoms with Crippen LogP contribution in [0.4, 0.5) is 0 Å². The highest BCUT2D eigenvalue weighted by atomic mass is 16.2. The van der Waals surface area contributed by atoms with Crippen LogP contribution in [0.3, 0.4) is 0 Å². The number of hydrogen-bond acceptors (Lipinski definition) is 4. The Labute approximate surface area is 158 Å². The van der Waals surface area contributed by atoms with Crippen molar-refractivity contribution in [2.24, 2.45) is 7.05 Å². The molecule has 0 aliphatic carbocycles. The fraction of sp³-hybridized carbons (Fsp3) is 0.579. The Balaban J connectivity index is 1.59. The van der Waals surface area contributed by atoms with E-state index in [0.29, 0.717) is 32.6 Å². The Kier molecular flexibility index (Phi) is 5.62. The first-order chi connectivity index (χ1) is 12.9. The number of aryl methyl sites for hydroxylation is 2. The predicted octanol–water partition coefficient (Wildman–Crippen LogP) is 0.868. The lowest BCUT2D eigenvalue weighted by atomic mass is 9.95. The maximum atomic E-state index is 12.6. The second kappa shape index (κ2) is 7.94. The van der Waals surface area contributed by atoms with Crippen LogP contribution < -0.4 is 11.2 Å². The van der Waals surface area contributed by atoms with Gasteiger partial charge in [-0.15, -0.1) is 0 Å². The zero-order chi connectivity index (χ0) is 19.6. The Morgan fingerprint density at radius 3 is 2.52 bits per heavy atom. The number of aromatic nitrogens is 4. The van der Waals surface area contributed by atoms with E-state index in [9.17, 15) is 14.4 Å². The zero-order valence-electron chi connectivity index (χ0n) is 16.2. The van der Waals surface area contributed by atoms with Crippen molar-refractivity contribution in [3.63, 3.8) is 0 Å². The van der Waals surface area contributed by atoms with Gasteiger partial charge in [-0.05, 0) is 32.8 Å². The average Bonchev–Trinajstić information content (AvgIpc) is 2.95. The van der Waals surface area contributed by atoms with Gasteiger partial charge < -0.3 is 9.47 Å². The van der Waals surface area contributed by atoms with E-state index in [4.69, 9.17) is 0 Å². The molecule has 0 saturated carbocycles.